The average molecular weight is 343 g/mol. The largest absolute Gasteiger partial charge is 0.271 e. The van der Waals surface area contributed by atoms with Gasteiger partial charge in [-0.3, -0.25) is 4.79 Å². The van der Waals surface area contributed by atoms with E-state index in [1.165, 1.54) is 18.2 Å². The first-order valence-electron chi connectivity index (χ1n) is 7.60. The fraction of sp³-hybridized carbons (Fsp3) is 0.211. The first-order valence-corrected chi connectivity index (χ1v) is 9.04. The lowest BCUT2D eigenvalue weighted by Gasteiger charge is -2.24. The number of carbonyl (C=O) groups excluding carboxylic acids is 1. The van der Waals surface area contributed by atoms with Gasteiger partial charge in [-0.25, -0.2) is 8.42 Å². The summed E-state index contributed by atoms with van der Waals surface area (Å²) in [5.41, 5.74) is 2.79. The number of carbonyl (C=O) groups is 1. The Morgan fingerprint density at radius 2 is 1.58 bits per heavy atom. The zero-order chi connectivity index (χ0) is 17.9. The van der Waals surface area contributed by atoms with Crippen LogP contribution in [0.15, 0.2) is 65.1 Å². The highest BCUT2D eigenvalue weighted by molar-refractivity contribution is 7.93. The van der Waals surface area contributed by atoms with E-state index in [0.717, 1.165) is 21.0 Å². The number of benzene rings is 2. The quantitative estimate of drug-likeness (QED) is 0.789. The fourth-order valence-corrected chi connectivity index (χ4v) is 3.78. The maximum atomic E-state index is 13.1. The molecule has 0 heterocycles. The Labute approximate surface area is 143 Å². The molecule has 0 fully saturated rings. The van der Waals surface area contributed by atoms with Crippen LogP contribution in [0.4, 0.5) is 5.69 Å². The predicted molar refractivity (Wildman–Crippen MR) is 96.5 cm³/mol. The Kier molecular flexibility index (Phi) is 5.24. The third kappa shape index (κ3) is 3.57. The number of sulfonamides is 1. The number of allylic oxidation sites excluding steroid dienone is 1. The van der Waals surface area contributed by atoms with Crippen LogP contribution in [0.25, 0.3) is 0 Å². The van der Waals surface area contributed by atoms with Crippen molar-refractivity contribution in [2.45, 2.75) is 32.6 Å². The fourth-order valence-electron chi connectivity index (χ4n) is 2.33. The minimum atomic E-state index is -4.00. The molecule has 2 rings (SSSR count). The number of rotatable bonds is 4. The van der Waals surface area contributed by atoms with Gasteiger partial charge in [-0.2, -0.15) is 4.31 Å². The number of hydrogen-bond acceptors (Lipinski definition) is 3. The predicted octanol–water partition coefficient (Wildman–Crippen LogP) is 3.99. The van der Waals surface area contributed by atoms with Crippen molar-refractivity contribution in [1.29, 1.82) is 0 Å². The van der Waals surface area contributed by atoms with Crippen molar-refractivity contribution in [2.24, 2.45) is 0 Å². The highest BCUT2D eigenvalue weighted by atomic mass is 32.2. The van der Waals surface area contributed by atoms with E-state index < -0.39 is 15.9 Å². The second-order valence-corrected chi connectivity index (χ2v) is 7.65. The van der Waals surface area contributed by atoms with Gasteiger partial charge in [0.15, 0.2) is 0 Å². The molecule has 0 aliphatic heterocycles. The molecule has 0 aliphatic rings. The first kappa shape index (κ1) is 17.9. The highest BCUT2D eigenvalue weighted by Crippen LogP contribution is 2.29. The summed E-state index contributed by atoms with van der Waals surface area (Å²) in [4.78, 5) is 12.8. The summed E-state index contributed by atoms with van der Waals surface area (Å²) >= 11 is 0. The van der Waals surface area contributed by atoms with E-state index in [4.69, 9.17) is 0 Å². The molecule has 0 atom stereocenters. The second-order valence-electron chi connectivity index (χ2n) is 5.86. The molecule has 0 aromatic heterocycles. The van der Waals surface area contributed by atoms with Gasteiger partial charge < -0.3 is 0 Å². The SMILES string of the molecule is CC(C)=CC(=O)N(c1cccc(C)c1C)S(=O)(=O)c1ccccc1. The molecule has 0 saturated heterocycles. The van der Waals surface area contributed by atoms with Crippen LogP contribution in [-0.2, 0) is 14.8 Å². The Hall–Kier alpha value is -2.40. The third-order valence-corrected chi connectivity index (χ3v) is 5.41. The van der Waals surface area contributed by atoms with Crippen molar-refractivity contribution in [1.82, 2.24) is 0 Å². The van der Waals surface area contributed by atoms with Gasteiger partial charge in [-0.15, -0.1) is 0 Å². The van der Waals surface area contributed by atoms with Crippen LogP contribution >= 0.6 is 0 Å². The topological polar surface area (TPSA) is 54.5 Å². The van der Waals surface area contributed by atoms with Crippen LogP contribution in [0.2, 0.25) is 0 Å². The standard InChI is InChI=1S/C19H21NO3S/c1-14(2)13-19(21)20(18-12-8-9-15(3)16(18)4)24(22,23)17-10-6-5-7-11-17/h5-13H,1-4H3. The Bertz CT molecular complexity index is 880. The summed E-state index contributed by atoms with van der Waals surface area (Å²) in [5, 5.41) is 0. The van der Waals surface area contributed by atoms with Crippen LogP contribution in [0.5, 0.6) is 0 Å². The molecule has 126 valence electrons. The van der Waals surface area contributed by atoms with Crippen molar-refractivity contribution in [2.75, 3.05) is 4.31 Å². The zero-order valence-electron chi connectivity index (χ0n) is 14.3. The summed E-state index contributed by atoms with van der Waals surface area (Å²) in [6, 6.07) is 13.3. The molecule has 0 radical (unpaired) electrons. The molecule has 0 unspecified atom stereocenters. The molecule has 0 bridgehead atoms. The zero-order valence-corrected chi connectivity index (χ0v) is 15.1. The molecule has 0 saturated carbocycles. The monoisotopic (exact) mass is 343 g/mol. The molecule has 1 amide bonds. The lowest BCUT2D eigenvalue weighted by Crippen LogP contribution is -2.36. The van der Waals surface area contributed by atoms with E-state index in [1.807, 2.05) is 19.9 Å². The molecule has 2 aromatic rings. The number of nitrogens with zero attached hydrogens (tertiary/aromatic N) is 1. The summed E-state index contributed by atoms with van der Waals surface area (Å²) in [6.45, 7) is 7.22. The van der Waals surface area contributed by atoms with Crippen LogP contribution in [-0.4, -0.2) is 14.3 Å². The number of aryl methyl sites for hydroxylation is 1. The minimum Gasteiger partial charge on any atom is -0.268 e. The van der Waals surface area contributed by atoms with Gasteiger partial charge in [0.1, 0.15) is 0 Å². The average Bonchev–Trinajstić information content (AvgIpc) is 2.51. The Balaban J connectivity index is 2.71. The molecule has 4 nitrogen and oxygen atoms in total. The van der Waals surface area contributed by atoms with Gasteiger partial charge in [0.25, 0.3) is 15.9 Å². The van der Waals surface area contributed by atoms with Crippen LogP contribution in [0, 0.1) is 13.8 Å². The van der Waals surface area contributed by atoms with Gasteiger partial charge in [0, 0.05) is 6.08 Å². The second kappa shape index (κ2) is 7.01. The molecule has 24 heavy (non-hydrogen) atoms. The van der Waals surface area contributed by atoms with E-state index in [2.05, 4.69) is 0 Å². The van der Waals surface area contributed by atoms with Crippen LogP contribution in [0.3, 0.4) is 0 Å². The molecule has 0 spiro atoms. The number of hydrogen-bond donors (Lipinski definition) is 0. The van der Waals surface area contributed by atoms with Gasteiger partial charge in [-0.05, 0) is 57.0 Å². The van der Waals surface area contributed by atoms with Gasteiger partial charge in [0.05, 0.1) is 10.6 Å². The smallest absolute Gasteiger partial charge is 0.268 e. The molecule has 0 N–H and O–H groups in total. The van der Waals surface area contributed by atoms with Crippen molar-refractivity contribution in [3.05, 3.63) is 71.3 Å². The summed E-state index contributed by atoms with van der Waals surface area (Å²) in [6.07, 6.45) is 1.34. The number of amides is 1. The van der Waals surface area contributed by atoms with E-state index in [-0.39, 0.29) is 4.90 Å². The number of anilines is 1. The Morgan fingerprint density at radius 1 is 0.958 bits per heavy atom. The summed E-state index contributed by atoms with van der Waals surface area (Å²) < 4.78 is 27.1. The van der Waals surface area contributed by atoms with Crippen molar-refractivity contribution < 1.29 is 13.2 Å². The maximum Gasteiger partial charge on any atom is 0.271 e. The molecular weight excluding hydrogens is 322 g/mol. The molecule has 0 aliphatic carbocycles. The molecule has 2 aromatic carbocycles. The van der Waals surface area contributed by atoms with E-state index in [1.54, 1.807) is 44.2 Å². The Morgan fingerprint density at radius 3 is 2.17 bits per heavy atom. The third-order valence-electron chi connectivity index (χ3n) is 3.69. The van der Waals surface area contributed by atoms with Gasteiger partial charge in [-0.1, -0.05) is 35.9 Å². The summed E-state index contributed by atoms with van der Waals surface area (Å²) in [5.74, 6) is -0.576. The van der Waals surface area contributed by atoms with Gasteiger partial charge >= 0.3 is 0 Å². The lowest BCUT2D eigenvalue weighted by molar-refractivity contribution is -0.113. The molecular formula is C19H21NO3S. The van der Waals surface area contributed by atoms with Crippen molar-refractivity contribution >= 4 is 21.6 Å². The van der Waals surface area contributed by atoms with E-state index >= 15 is 0 Å². The van der Waals surface area contributed by atoms with Crippen molar-refractivity contribution in [3.8, 4) is 0 Å². The molecule has 5 heteroatoms. The summed E-state index contributed by atoms with van der Waals surface area (Å²) in [7, 11) is -4.00. The highest BCUT2D eigenvalue weighted by Gasteiger charge is 2.31. The minimum absolute atomic E-state index is 0.0846. The maximum absolute atomic E-state index is 13.1. The van der Waals surface area contributed by atoms with Crippen LogP contribution in [0.1, 0.15) is 25.0 Å². The van der Waals surface area contributed by atoms with Crippen molar-refractivity contribution in [3.63, 3.8) is 0 Å². The first-order chi connectivity index (χ1) is 11.2. The normalized spacial score (nSPS) is 11.0. The van der Waals surface area contributed by atoms with E-state index in [9.17, 15) is 13.2 Å². The van der Waals surface area contributed by atoms with Crippen LogP contribution < -0.4 is 4.31 Å². The van der Waals surface area contributed by atoms with E-state index in [0.29, 0.717) is 5.69 Å². The van der Waals surface area contributed by atoms with Gasteiger partial charge in [0.2, 0.25) is 0 Å². The lowest BCUT2D eigenvalue weighted by atomic mass is 10.1.